The van der Waals surface area contributed by atoms with E-state index in [1.807, 2.05) is 37.5 Å². The van der Waals surface area contributed by atoms with E-state index in [1.54, 1.807) is 0 Å². The van der Waals surface area contributed by atoms with E-state index >= 15 is 0 Å². The van der Waals surface area contributed by atoms with Crippen LogP contribution < -0.4 is 21.3 Å². The van der Waals surface area contributed by atoms with Crippen molar-refractivity contribution in [1.82, 2.24) is 30.4 Å². The maximum Gasteiger partial charge on any atom is 0.407 e. The maximum absolute atomic E-state index is 13.9. The van der Waals surface area contributed by atoms with Crippen molar-refractivity contribution in [2.24, 2.45) is 11.8 Å². The average Bonchev–Trinajstić information content (AvgIpc) is 4.15. The Balaban J connectivity index is 0.988. The van der Waals surface area contributed by atoms with E-state index in [9.17, 15) is 19.2 Å². The predicted octanol–water partition coefficient (Wildman–Crippen LogP) is 8.23. The third kappa shape index (κ3) is 7.73. The third-order valence-corrected chi connectivity index (χ3v) is 14.6. The first-order valence-corrected chi connectivity index (χ1v) is 23.0. The molecule has 14 heteroatoms. The van der Waals surface area contributed by atoms with Gasteiger partial charge >= 0.3 is 12.2 Å². The van der Waals surface area contributed by atoms with Crippen LogP contribution in [0.2, 0.25) is 0 Å². The molecular formula is C49H62N8O6. The van der Waals surface area contributed by atoms with Crippen LogP contribution in [0, 0.1) is 11.8 Å². The average molecular weight is 859 g/mol. The van der Waals surface area contributed by atoms with E-state index in [-0.39, 0.29) is 47.3 Å². The van der Waals surface area contributed by atoms with Crippen LogP contribution in [0.3, 0.4) is 0 Å². The van der Waals surface area contributed by atoms with Gasteiger partial charge in [-0.3, -0.25) is 9.59 Å². The van der Waals surface area contributed by atoms with Crippen molar-refractivity contribution in [3.63, 3.8) is 0 Å². The fourth-order valence-electron chi connectivity index (χ4n) is 11.4. The van der Waals surface area contributed by atoms with E-state index in [4.69, 9.17) is 14.5 Å². The SMILES string of the molecule is COC(=O)N[C@H](C(=O)N1CCC[C@H]1c1nc2ccc(-c3ccc(-c4ccc5c(c4)NC([C@@H]4CCCN4C(=O)[C@@H](NC(=O)OC)C(C)C)N5)c4c3C3(CCCC3)CC4)cc2[nH]1)C(C)C. The van der Waals surface area contributed by atoms with E-state index in [1.165, 1.54) is 67.7 Å². The summed E-state index contributed by atoms with van der Waals surface area (Å²) >= 11 is 0. The Morgan fingerprint density at radius 3 is 2.05 bits per heavy atom. The van der Waals surface area contributed by atoms with Gasteiger partial charge < -0.3 is 45.5 Å². The quantitative estimate of drug-likeness (QED) is 0.105. The molecule has 4 amide bonds. The second-order valence-electron chi connectivity index (χ2n) is 19.0. The molecule has 0 bridgehead atoms. The van der Waals surface area contributed by atoms with Crippen LogP contribution in [0.15, 0.2) is 48.5 Å². The number of benzene rings is 3. The van der Waals surface area contributed by atoms with Crippen molar-refractivity contribution in [3.8, 4) is 22.3 Å². The molecular weight excluding hydrogens is 797 g/mol. The van der Waals surface area contributed by atoms with Gasteiger partial charge in [0.1, 0.15) is 24.1 Å². The number of ether oxygens (including phenoxy) is 2. The van der Waals surface area contributed by atoms with Crippen LogP contribution in [-0.4, -0.2) is 95.4 Å². The molecule has 2 aliphatic carbocycles. The number of fused-ring (bicyclic) bond motifs is 4. The van der Waals surface area contributed by atoms with Crippen LogP contribution in [-0.2, 0) is 30.9 Å². The summed E-state index contributed by atoms with van der Waals surface area (Å²) in [5.74, 6) is 0.372. The van der Waals surface area contributed by atoms with E-state index in [0.29, 0.717) is 13.1 Å². The highest BCUT2D eigenvalue weighted by Gasteiger charge is 2.45. The van der Waals surface area contributed by atoms with Gasteiger partial charge in [0.2, 0.25) is 11.8 Å². The Morgan fingerprint density at radius 1 is 0.730 bits per heavy atom. The number of nitrogens with one attached hydrogen (secondary N) is 5. The Kier molecular flexibility index (Phi) is 11.5. The smallest absolute Gasteiger partial charge is 0.407 e. The normalized spacial score (nSPS) is 21.9. The minimum absolute atomic E-state index is 0.0738. The number of rotatable bonds is 10. The van der Waals surface area contributed by atoms with Gasteiger partial charge in [-0.25, -0.2) is 14.6 Å². The van der Waals surface area contributed by atoms with Gasteiger partial charge in [-0.2, -0.15) is 0 Å². The number of aromatic nitrogens is 2. The Morgan fingerprint density at radius 2 is 1.35 bits per heavy atom. The van der Waals surface area contributed by atoms with Crippen molar-refractivity contribution >= 4 is 46.4 Å². The summed E-state index contributed by atoms with van der Waals surface area (Å²) < 4.78 is 9.67. The molecule has 3 aliphatic heterocycles. The molecule has 1 spiro atoms. The number of alkyl carbamates (subject to hydrolysis) is 2. The summed E-state index contributed by atoms with van der Waals surface area (Å²) in [6, 6.07) is 16.2. The highest BCUT2D eigenvalue weighted by atomic mass is 16.5. The maximum atomic E-state index is 13.9. The Hall–Kier alpha value is -5.79. The zero-order valence-corrected chi connectivity index (χ0v) is 37.4. The minimum Gasteiger partial charge on any atom is -0.453 e. The Bertz CT molecular complexity index is 2420. The summed E-state index contributed by atoms with van der Waals surface area (Å²) in [7, 11) is 2.62. The molecule has 1 unspecified atom stereocenters. The molecule has 3 aromatic carbocycles. The van der Waals surface area contributed by atoms with Gasteiger partial charge in [-0.1, -0.05) is 64.8 Å². The molecule has 4 heterocycles. The summed E-state index contributed by atoms with van der Waals surface area (Å²) in [5, 5.41) is 12.9. The van der Waals surface area contributed by atoms with Crippen LogP contribution >= 0.6 is 0 Å². The van der Waals surface area contributed by atoms with E-state index < -0.39 is 24.3 Å². The number of nitrogens with zero attached hydrogens (tertiary/aromatic N) is 3. The standard InChI is InChI=1S/C49H62N8O6/c1-27(2)41(54-47(60)62-5)45(58)56-23-9-11-38(56)43-50-34-17-13-29(25-36(34)52-43)31-15-16-32(40-33(31)19-22-49(40)20-7-8-21-49)30-14-18-35-37(26-30)53-44(51-35)39-12-10-24-57(39)46(59)42(28(3)4)55-48(61)63-6/h13-18,25-28,38-39,41-43,50,52H,7-12,19-24H2,1-6H3,(H,51,53)(H,54,60)(H,55,61)/t38-,39-,41-,42-,43?/m0/s1. The second-order valence-corrected chi connectivity index (χ2v) is 19.0. The van der Waals surface area contributed by atoms with Gasteiger partial charge in [-0.05, 0) is 126 Å². The number of aromatic amines is 1. The van der Waals surface area contributed by atoms with Crippen molar-refractivity contribution in [2.75, 3.05) is 37.9 Å². The lowest BCUT2D eigenvalue weighted by molar-refractivity contribution is -0.136. The number of hydrogen-bond donors (Lipinski definition) is 5. The molecule has 2 saturated heterocycles. The molecule has 9 rings (SSSR count). The summed E-state index contributed by atoms with van der Waals surface area (Å²) in [6.45, 7) is 8.97. The fraction of sp³-hybridized carbons (Fsp3) is 0.531. The molecule has 5 aliphatic rings. The number of H-pyrrole nitrogens is 1. The highest BCUT2D eigenvalue weighted by Crippen LogP contribution is 2.55. The second kappa shape index (κ2) is 17.1. The molecule has 63 heavy (non-hydrogen) atoms. The summed E-state index contributed by atoms with van der Waals surface area (Å²) in [6.07, 6.45) is 9.09. The number of carbonyl (C=O) groups excluding carboxylic acids is 4. The number of imidazole rings is 1. The lowest BCUT2D eigenvalue weighted by atomic mass is 9.76. The van der Waals surface area contributed by atoms with E-state index in [0.717, 1.165) is 72.3 Å². The number of likely N-dealkylation sites (tertiary alicyclic amines) is 2. The molecule has 0 radical (unpaired) electrons. The molecule has 5 N–H and O–H groups in total. The molecule has 3 fully saturated rings. The van der Waals surface area contributed by atoms with Crippen LogP contribution in [0.5, 0.6) is 0 Å². The topological polar surface area (TPSA) is 170 Å². The largest absolute Gasteiger partial charge is 0.453 e. The van der Waals surface area contributed by atoms with Gasteiger partial charge in [0.25, 0.3) is 0 Å². The van der Waals surface area contributed by atoms with Crippen LogP contribution in [0.1, 0.15) is 108 Å². The lowest BCUT2D eigenvalue weighted by Crippen LogP contribution is -2.56. The molecule has 1 saturated carbocycles. The molecule has 14 nitrogen and oxygen atoms in total. The van der Waals surface area contributed by atoms with Crippen molar-refractivity contribution < 1.29 is 28.7 Å². The number of anilines is 2. The molecule has 334 valence electrons. The first kappa shape index (κ1) is 42.5. The molecule has 4 aromatic rings. The van der Waals surface area contributed by atoms with Crippen LogP contribution in [0.25, 0.3) is 33.3 Å². The lowest BCUT2D eigenvalue weighted by Gasteiger charge is -2.33. The van der Waals surface area contributed by atoms with E-state index in [2.05, 4.69) is 74.8 Å². The van der Waals surface area contributed by atoms with Gasteiger partial charge in [0.05, 0.1) is 48.7 Å². The number of hydrogen-bond acceptors (Lipinski definition) is 9. The third-order valence-electron chi connectivity index (χ3n) is 14.6. The van der Waals surface area contributed by atoms with Gasteiger partial charge in [-0.15, -0.1) is 0 Å². The molecule has 5 atom stereocenters. The minimum atomic E-state index is -0.689. The van der Waals surface area contributed by atoms with Crippen molar-refractivity contribution in [2.45, 2.75) is 128 Å². The summed E-state index contributed by atoms with van der Waals surface area (Å²) in [4.78, 5) is 64.4. The summed E-state index contributed by atoms with van der Waals surface area (Å²) in [5.41, 5.74) is 11.8. The van der Waals surface area contributed by atoms with Crippen LogP contribution in [0.4, 0.5) is 21.0 Å². The number of amides is 4. The zero-order chi connectivity index (χ0) is 44.2. The first-order valence-electron chi connectivity index (χ1n) is 23.0. The van der Waals surface area contributed by atoms with Crippen molar-refractivity contribution in [1.29, 1.82) is 0 Å². The highest BCUT2D eigenvalue weighted by molar-refractivity contribution is 5.90. The monoisotopic (exact) mass is 858 g/mol. The number of methoxy groups -OCH3 is 2. The predicted molar refractivity (Wildman–Crippen MR) is 243 cm³/mol. The first-order chi connectivity index (χ1) is 30.4. The number of carbonyl (C=O) groups is 4. The fourth-order valence-corrected chi connectivity index (χ4v) is 11.4. The van der Waals surface area contributed by atoms with Gasteiger partial charge in [0, 0.05) is 13.1 Å². The Labute approximate surface area is 369 Å². The molecule has 1 aromatic heterocycles. The van der Waals surface area contributed by atoms with Crippen molar-refractivity contribution in [3.05, 3.63) is 65.5 Å². The zero-order valence-electron chi connectivity index (χ0n) is 37.4. The van der Waals surface area contributed by atoms with Gasteiger partial charge in [0.15, 0.2) is 0 Å².